The number of aromatic amines is 1. The van der Waals surface area contributed by atoms with E-state index in [1.165, 1.54) is 0 Å². The minimum absolute atomic E-state index is 0.0960. The molecule has 3 rings (SSSR count). The maximum absolute atomic E-state index is 12.0. The molecule has 0 radical (unpaired) electrons. The average Bonchev–Trinajstić information content (AvgIpc) is 2.76. The van der Waals surface area contributed by atoms with Crippen LogP contribution in [0.15, 0.2) is 41.2 Å². The van der Waals surface area contributed by atoms with Gasteiger partial charge in [-0.05, 0) is 11.1 Å². The number of nitrogens with one attached hydrogen (secondary N) is 1. The van der Waals surface area contributed by atoms with Gasteiger partial charge >= 0.3 is 0 Å². The van der Waals surface area contributed by atoms with Crippen molar-refractivity contribution in [3.8, 4) is 11.1 Å². The molecule has 3 aromatic rings. The van der Waals surface area contributed by atoms with Crippen molar-refractivity contribution < 1.29 is 0 Å². The Morgan fingerprint density at radius 2 is 1.81 bits per heavy atom. The van der Waals surface area contributed by atoms with Gasteiger partial charge in [0.1, 0.15) is 5.65 Å². The minimum atomic E-state index is -0.107. The summed E-state index contributed by atoms with van der Waals surface area (Å²) in [5, 5.41) is 5.66. The second kappa shape index (κ2) is 4.58. The molecule has 0 aliphatic carbocycles. The first-order chi connectivity index (χ1) is 9.88. The van der Waals surface area contributed by atoms with Crippen molar-refractivity contribution in [1.82, 2.24) is 14.8 Å². The van der Waals surface area contributed by atoms with E-state index in [-0.39, 0.29) is 11.0 Å². The molecule has 0 atom stereocenters. The van der Waals surface area contributed by atoms with Crippen molar-refractivity contribution in [3.63, 3.8) is 0 Å². The van der Waals surface area contributed by atoms with E-state index in [2.05, 4.69) is 30.9 Å². The van der Waals surface area contributed by atoms with Crippen LogP contribution in [0.1, 0.15) is 26.5 Å². The van der Waals surface area contributed by atoms with Crippen LogP contribution in [0.5, 0.6) is 0 Å². The van der Waals surface area contributed by atoms with E-state index in [1.54, 1.807) is 10.7 Å². The Kier molecular flexibility index (Phi) is 2.97. The number of aromatic nitrogens is 3. The molecule has 4 nitrogen and oxygen atoms in total. The Balaban J connectivity index is 2.47. The second-order valence-corrected chi connectivity index (χ2v) is 6.36. The zero-order valence-electron chi connectivity index (χ0n) is 12.8. The number of H-pyrrole nitrogens is 1. The van der Waals surface area contributed by atoms with Crippen LogP contribution in [-0.4, -0.2) is 14.8 Å². The van der Waals surface area contributed by atoms with Crippen LogP contribution < -0.4 is 5.56 Å². The second-order valence-electron chi connectivity index (χ2n) is 6.36. The molecule has 0 aliphatic rings. The molecule has 0 amide bonds. The molecule has 0 saturated carbocycles. The number of hydrogen-bond donors (Lipinski definition) is 1. The first-order valence-electron chi connectivity index (χ1n) is 7.04. The number of rotatable bonds is 1. The van der Waals surface area contributed by atoms with E-state index in [9.17, 15) is 4.79 Å². The lowest BCUT2D eigenvalue weighted by Crippen LogP contribution is -2.13. The van der Waals surface area contributed by atoms with Crippen LogP contribution in [0.3, 0.4) is 0 Å². The van der Waals surface area contributed by atoms with Crippen molar-refractivity contribution in [1.29, 1.82) is 0 Å². The summed E-state index contributed by atoms with van der Waals surface area (Å²) < 4.78 is 1.75. The molecule has 0 aliphatic heterocycles. The third-order valence-electron chi connectivity index (χ3n) is 3.63. The summed E-state index contributed by atoms with van der Waals surface area (Å²) in [5.41, 5.74) is 3.53. The van der Waals surface area contributed by atoms with Gasteiger partial charge in [0.25, 0.3) is 0 Å². The summed E-state index contributed by atoms with van der Waals surface area (Å²) in [6.07, 6.45) is 0. The molecule has 0 spiro atoms. The Hall–Kier alpha value is -2.36. The molecular weight excluding hydrogens is 262 g/mol. The third kappa shape index (κ3) is 2.27. The standard InChI is InChI=1S/C17H19N3O/c1-17(2,3)15-14-12(11-8-6-5-7-9-11)10-13(21)18-16(14)20(4)19-15/h5-10H,1-4H3,(H,18,21). The van der Waals surface area contributed by atoms with Gasteiger partial charge in [-0.3, -0.25) is 9.48 Å². The maximum atomic E-state index is 12.0. The highest BCUT2D eigenvalue weighted by Crippen LogP contribution is 2.34. The molecule has 1 aromatic carbocycles. The van der Waals surface area contributed by atoms with Gasteiger partial charge in [-0.25, -0.2) is 0 Å². The zero-order valence-corrected chi connectivity index (χ0v) is 12.8. The fourth-order valence-electron chi connectivity index (χ4n) is 2.65. The fourth-order valence-corrected chi connectivity index (χ4v) is 2.65. The van der Waals surface area contributed by atoms with Crippen molar-refractivity contribution in [2.75, 3.05) is 0 Å². The molecular formula is C17H19N3O. The SMILES string of the molecule is Cn1nc(C(C)(C)C)c2c(-c3ccccc3)cc(=O)[nH]c21. The summed E-state index contributed by atoms with van der Waals surface area (Å²) in [7, 11) is 1.86. The number of benzene rings is 1. The highest BCUT2D eigenvalue weighted by molar-refractivity contribution is 5.95. The van der Waals surface area contributed by atoms with Gasteiger partial charge in [0.15, 0.2) is 0 Å². The quantitative estimate of drug-likeness (QED) is 0.744. The van der Waals surface area contributed by atoms with E-state index >= 15 is 0 Å². The monoisotopic (exact) mass is 281 g/mol. The predicted octanol–water partition coefficient (Wildman–Crippen LogP) is 3.23. The van der Waals surface area contributed by atoms with Gasteiger partial charge in [-0.15, -0.1) is 0 Å². The van der Waals surface area contributed by atoms with Crippen LogP contribution in [0.2, 0.25) is 0 Å². The molecule has 0 unspecified atom stereocenters. The topological polar surface area (TPSA) is 50.7 Å². The maximum Gasteiger partial charge on any atom is 0.250 e. The minimum Gasteiger partial charge on any atom is -0.307 e. The Morgan fingerprint density at radius 1 is 1.14 bits per heavy atom. The Labute approximate surface area is 123 Å². The summed E-state index contributed by atoms with van der Waals surface area (Å²) in [6, 6.07) is 11.6. The molecule has 0 saturated heterocycles. The largest absolute Gasteiger partial charge is 0.307 e. The molecule has 21 heavy (non-hydrogen) atoms. The molecule has 108 valence electrons. The Morgan fingerprint density at radius 3 is 2.43 bits per heavy atom. The summed E-state index contributed by atoms with van der Waals surface area (Å²) in [4.78, 5) is 14.9. The number of hydrogen-bond acceptors (Lipinski definition) is 2. The first-order valence-corrected chi connectivity index (χ1v) is 7.04. The van der Waals surface area contributed by atoms with Crippen molar-refractivity contribution in [3.05, 3.63) is 52.4 Å². The summed E-state index contributed by atoms with van der Waals surface area (Å²) in [6.45, 7) is 6.40. The van der Waals surface area contributed by atoms with Crippen LogP contribution in [-0.2, 0) is 12.5 Å². The highest BCUT2D eigenvalue weighted by atomic mass is 16.1. The van der Waals surface area contributed by atoms with Gasteiger partial charge in [0, 0.05) is 23.9 Å². The first kappa shape index (κ1) is 13.6. The predicted molar refractivity (Wildman–Crippen MR) is 85.5 cm³/mol. The van der Waals surface area contributed by atoms with Gasteiger partial charge in [-0.1, -0.05) is 51.1 Å². The number of fused-ring (bicyclic) bond motifs is 1. The number of pyridine rings is 1. The molecule has 0 bridgehead atoms. The molecule has 1 N–H and O–H groups in total. The molecule has 2 heterocycles. The third-order valence-corrected chi connectivity index (χ3v) is 3.63. The van der Waals surface area contributed by atoms with E-state index in [1.807, 2.05) is 37.4 Å². The van der Waals surface area contributed by atoms with Gasteiger partial charge in [0.05, 0.1) is 5.69 Å². The zero-order chi connectivity index (χ0) is 15.2. The van der Waals surface area contributed by atoms with Gasteiger partial charge < -0.3 is 4.98 Å². The fraction of sp³-hybridized carbons (Fsp3) is 0.294. The van der Waals surface area contributed by atoms with Crippen LogP contribution in [0, 0.1) is 0 Å². The van der Waals surface area contributed by atoms with Crippen LogP contribution >= 0.6 is 0 Å². The summed E-state index contributed by atoms with van der Waals surface area (Å²) in [5.74, 6) is 0. The smallest absolute Gasteiger partial charge is 0.250 e. The van der Waals surface area contributed by atoms with E-state index in [4.69, 9.17) is 0 Å². The molecule has 4 heteroatoms. The van der Waals surface area contributed by atoms with Crippen LogP contribution in [0.25, 0.3) is 22.2 Å². The van der Waals surface area contributed by atoms with E-state index in [0.29, 0.717) is 0 Å². The number of nitrogens with zero attached hydrogens (tertiary/aromatic N) is 2. The molecule has 0 fully saturated rings. The lowest BCUT2D eigenvalue weighted by Gasteiger charge is -2.16. The van der Waals surface area contributed by atoms with Gasteiger partial charge in [-0.2, -0.15) is 5.10 Å². The lowest BCUT2D eigenvalue weighted by atomic mass is 9.88. The van der Waals surface area contributed by atoms with Gasteiger partial charge in [0.2, 0.25) is 5.56 Å². The lowest BCUT2D eigenvalue weighted by molar-refractivity contribution is 0.558. The highest BCUT2D eigenvalue weighted by Gasteiger charge is 2.24. The van der Waals surface area contributed by atoms with Crippen molar-refractivity contribution >= 4 is 11.0 Å². The average molecular weight is 281 g/mol. The molecule has 2 aromatic heterocycles. The number of aryl methyl sites for hydroxylation is 1. The van der Waals surface area contributed by atoms with E-state index in [0.717, 1.165) is 27.9 Å². The normalized spacial score (nSPS) is 12.0. The van der Waals surface area contributed by atoms with Crippen LogP contribution in [0.4, 0.5) is 0 Å². The van der Waals surface area contributed by atoms with Crippen molar-refractivity contribution in [2.24, 2.45) is 7.05 Å². The van der Waals surface area contributed by atoms with Crippen molar-refractivity contribution in [2.45, 2.75) is 26.2 Å². The summed E-state index contributed by atoms with van der Waals surface area (Å²) >= 11 is 0. The Bertz CT molecular complexity index is 851. The van der Waals surface area contributed by atoms with E-state index < -0.39 is 0 Å².